The topological polar surface area (TPSA) is 39.9 Å². The van der Waals surface area contributed by atoms with E-state index in [4.69, 9.17) is 4.74 Å². The number of aromatic nitrogens is 3. The van der Waals surface area contributed by atoms with Gasteiger partial charge in [0.2, 0.25) is 0 Å². The van der Waals surface area contributed by atoms with Crippen LogP contribution in [0.1, 0.15) is 11.3 Å². The van der Waals surface area contributed by atoms with Crippen LogP contribution in [0.4, 0.5) is 4.39 Å². The largest absolute Gasteiger partial charge is 0.488 e. The standard InChI is InChI=1S/C12H11BrFN3O/c13-5-10-6-17(16-15-10)7-11-4-8-3-9(14)1-2-12(8)18-11/h1-3,6,11H,4-5,7H2. The average Bonchev–Trinajstić information content (AvgIpc) is 2.95. The van der Waals surface area contributed by atoms with E-state index in [0.29, 0.717) is 18.3 Å². The van der Waals surface area contributed by atoms with E-state index in [0.717, 1.165) is 17.0 Å². The van der Waals surface area contributed by atoms with Crippen LogP contribution >= 0.6 is 15.9 Å². The molecule has 0 fully saturated rings. The highest BCUT2D eigenvalue weighted by Crippen LogP contribution is 2.29. The maximum Gasteiger partial charge on any atom is 0.123 e. The number of halogens is 2. The molecule has 0 aliphatic carbocycles. The first-order chi connectivity index (χ1) is 8.74. The molecule has 2 aromatic rings. The third kappa shape index (κ3) is 2.25. The third-order valence-electron chi connectivity index (χ3n) is 2.88. The molecule has 1 aliphatic rings. The van der Waals surface area contributed by atoms with Gasteiger partial charge in [0.25, 0.3) is 0 Å². The first kappa shape index (κ1) is 11.6. The lowest BCUT2D eigenvalue weighted by Crippen LogP contribution is -2.21. The summed E-state index contributed by atoms with van der Waals surface area (Å²) in [5.41, 5.74) is 1.80. The molecule has 1 aliphatic heterocycles. The minimum atomic E-state index is -0.222. The van der Waals surface area contributed by atoms with Crippen LogP contribution in [-0.4, -0.2) is 21.1 Å². The number of rotatable bonds is 3. The van der Waals surface area contributed by atoms with Gasteiger partial charge < -0.3 is 4.74 Å². The predicted molar refractivity (Wildman–Crippen MR) is 67.2 cm³/mol. The summed E-state index contributed by atoms with van der Waals surface area (Å²) in [5, 5.41) is 8.69. The van der Waals surface area contributed by atoms with Gasteiger partial charge in [0.1, 0.15) is 17.7 Å². The minimum Gasteiger partial charge on any atom is -0.488 e. The normalized spacial score (nSPS) is 17.6. The Morgan fingerprint density at radius 1 is 1.50 bits per heavy atom. The second-order valence-electron chi connectivity index (χ2n) is 4.26. The van der Waals surface area contributed by atoms with Crippen LogP contribution in [0.2, 0.25) is 0 Å². The highest BCUT2D eigenvalue weighted by molar-refractivity contribution is 9.08. The van der Waals surface area contributed by atoms with Crippen molar-refractivity contribution in [3.63, 3.8) is 0 Å². The van der Waals surface area contributed by atoms with Crippen molar-refractivity contribution in [2.24, 2.45) is 0 Å². The lowest BCUT2D eigenvalue weighted by molar-refractivity contribution is 0.202. The van der Waals surface area contributed by atoms with Gasteiger partial charge in [-0.1, -0.05) is 21.1 Å². The van der Waals surface area contributed by atoms with Gasteiger partial charge in [0.05, 0.1) is 12.2 Å². The molecule has 1 aromatic carbocycles. The third-order valence-corrected chi connectivity index (χ3v) is 3.45. The first-order valence-electron chi connectivity index (χ1n) is 5.64. The van der Waals surface area contributed by atoms with Crippen molar-refractivity contribution < 1.29 is 9.13 Å². The molecule has 0 saturated carbocycles. The first-order valence-corrected chi connectivity index (χ1v) is 6.77. The van der Waals surface area contributed by atoms with Gasteiger partial charge in [0, 0.05) is 23.5 Å². The summed E-state index contributed by atoms with van der Waals surface area (Å²) >= 11 is 3.33. The summed E-state index contributed by atoms with van der Waals surface area (Å²) in [4.78, 5) is 0. The molecular weight excluding hydrogens is 301 g/mol. The monoisotopic (exact) mass is 311 g/mol. The number of ether oxygens (including phenoxy) is 1. The summed E-state index contributed by atoms with van der Waals surface area (Å²) < 4.78 is 20.6. The highest BCUT2D eigenvalue weighted by atomic mass is 79.9. The molecular formula is C12H11BrFN3O. The van der Waals surface area contributed by atoms with E-state index in [1.165, 1.54) is 12.1 Å². The summed E-state index contributed by atoms with van der Waals surface area (Å²) in [6.45, 7) is 0.621. The van der Waals surface area contributed by atoms with Crippen molar-refractivity contribution in [2.75, 3.05) is 0 Å². The van der Waals surface area contributed by atoms with E-state index < -0.39 is 0 Å². The Labute approximate surface area is 112 Å². The second-order valence-corrected chi connectivity index (χ2v) is 4.82. The Hall–Kier alpha value is -1.43. The molecule has 2 heterocycles. The van der Waals surface area contributed by atoms with Crippen LogP contribution in [0.25, 0.3) is 0 Å². The van der Waals surface area contributed by atoms with Crippen LogP contribution in [0, 0.1) is 5.82 Å². The average molecular weight is 312 g/mol. The quantitative estimate of drug-likeness (QED) is 0.817. The van der Waals surface area contributed by atoms with E-state index in [-0.39, 0.29) is 11.9 Å². The number of benzene rings is 1. The molecule has 1 aromatic heterocycles. The Balaban J connectivity index is 1.70. The molecule has 94 valence electrons. The molecule has 0 bridgehead atoms. The zero-order valence-corrected chi connectivity index (χ0v) is 11.1. The summed E-state index contributed by atoms with van der Waals surface area (Å²) in [7, 11) is 0. The van der Waals surface area contributed by atoms with Crippen LogP contribution in [0.3, 0.4) is 0 Å². The SMILES string of the molecule is Fc1ccc2c(c1)CC(Cn1cc(CBr)nn1)O2. The number of nitrogens with zero attached hydrogens (tertiary/aromatic N) is 3. The molecule has 0 N–H and O–H groups in total. The molecule has 0 radical (unpaired) electrons. The molecule has 1 unspecified atom stereocenters. The minimum absolute atomic E-state index is 0.00771. The summed E-state index contributed by atoms with van der Waals surface area (Å²) in [5.74, 6) is 0.544. The van der Waals surface area contributed by atoms with E-state index in [2.05, 4.69) is 26.2 Å². The molecule has 0 saturated heterocycles. The number of alkyl halides is 1. The lowest BCUT2D eigenvalue weighted by Gasteiger charge is -2.09. The van der Waals surface area contributed by atoms with Crippen molar-refractivity contribution in [3.8, 4) is 5.75 Å². The molecule has 0 amide bonds. The van der Waals surface area contributed by atoms with Gasteiger partial charge in [-0.2, -0.15) is 0 Å². The van der Waals surface area contributed by atoms with Crippen LogP contribution in [0.5, 0.6) is 5.75 Å². The lowest BCUT2D eigenvalue weighted by atomic mass is 10.1. The second kappa shape index (κ2) is 4.68. The van der Waals surface area contributed by atoms with Gasteiger partial charge in [-0.3, -0.25) is 0 Å². The van der Waals surface area contributed by atoms with Gasteiger partial charge in [-0.15, -0.1) is 5.10 Å². The Morgan fingerprint density at radius 2 is 2.39 bits per heavy atom. The molecule has 1 atom stereocenters. The molecule has 6 heteroatoms. The van der Waals surface area contributed by atoms with E-state index >= 15 is 0 Å². The zero-order valence-electron chi connectivity index (χ0n) is 9.51. The summed E-state index contributed by atoms with van der Waals surface area (Å²) in [6.07, 6.45) is 2.57. The van der Waals surface area contributed by atoms with Crippen LogP contribution in [0.15, 0.2) is 24.4 Å². The van der Waals surface area contributed by atoms with Gasteiger partial charge >= 0.3 is 0 Å². The fraction of sp³-hybridized carbons (Fsp3) is 0.333. The highest BCUT2D eigenvalue weighted by Gasteiger charge is 2.23. The van der Waals surface area contributed by atoms with Crippen molar-refractivity contribution >= 4 is 15.9 Å². The maximum atomic E-state index is 13.1. The van der Waals surface area contributed by atoms with E-state index in [1.54, 1.807) is 10.7 Å². The Bertz CT molecular complexity index is 572. The van der Waals surface area contributed by atoms with Crippen molar-refractivity contribution in [2.45, 2.75) is 24.4 Å². The molecule has 4 nitrogen and oxygen atoms in total. The number of hydrogen-bond acceptors (Lipinski definition) is 3. The Morgan fingerprint density at radius 3 is 3.17 bits per heavy atom. The van der Waals surface area contributed by atoms with Crippen molar-refractivity contribution in [1.29, 1.82) is 0 Å². The molecule has 18 heavy (non-hydrogen) atoms. The van der Waals surface area contributed by atoms with Gasteiger partial charge in [-0.05, 0) is 18.2 Å². The summed E-state index contributed by atoms with van der Waals surface area (Å²) in [6, 6.07) is 4.62. The smallest absolute Gasteiger partial charge is 0.123 e. The fourth-order valence-electron chi connectivity index (χ4n) is 2.09. The van der Waals surface area contributed by atoms with Crippen LogP contribution < -0.4 is 4.74 Å². The number of fused-ring (bicyclic) bond motifs is 1. The number of hydrogen-bond donors (Lipinski definition) is 0. The van der Waals surface area contributed by atoms with Crippen LogP contribution in [-0.2, 0) is 18.3 Å². The predicted octanol–water partition coefficient (Wildman–Crippen LogP) is 2.32. The maximum absolute atomic E-state index is 13.1. The van der Waals surface area contributed by atoms with E-state index in [9.17, 15) is 4.39 Å². The molecule has 0 spiro atoms. The molecule has 3 rings (SSSR count). The van der Waals surface area contributed by atoms with Crippen molar-refractivity contribution in [1.82, 2.24) is 15.0 Å². The van der Waals surface area contributed by atoms with E-state index in [1.807, 2.05) is 6.20 Å². The van der Waals surface area contributed by atoms with Gasteiger partial charge in [0.15, 0.2) is 0 Å². The van der Waals surface area contributed by atoms with Gasteiger partial charge in [-0.25, -0.2) is 9.07 Å². The Kier molecular flexibility index (Phi) is 3.03. The zero-order chi connectivity index (χ0) is 12.5. The fourth-order valence-corrected chi connectivity index (χ4v) is 2.35. The van der Waals surface area contributed by atoms with Crippen molar-refractivity contribution in [3.05, 3.63) is 41.5 Å².